The number of rotatable bonds is 3. The molecule has 0 aliphatic carbocycles. The monoisotopic (exact) mass is 243 g/mol. The number of nitrogen functional groups attached to an aromatic ring is 1. The lowest BCUT2D eigenvalue weighted by molar-refractivity contribution is 0.523. The summed E-state index contributed by atoms with van der Waals surface area (Å²) >= 11 is 0. The van der Waals surface area contributed by atoms with Gasteiger partial charge < -0.3 is 5.73 Å². The van der Waals surface area contributed by atoms with Crippen molar-refractivity contribution in [3.05, 3.63) is 35.5 Å². The van der Waals surface area contributed by atoms with Crippen LogP contribution in [0.4, 0.5) is 5.82 Å². The second-order valence-corrected chi connectivity index (χ2v) is 5.30. The molecule has 0 fully saturated rings. The Morgan fingerprint density at radius 2 is 1.72 bits per heavy atom. The van der Waals surface area contributed by atoms with Gasteiger partial charge in [-0.3, -0.25) is 5.10 Å². The van der Waals surface area contributed by atoms with E-state index in [-0.39, 0.29) is 0 Å². The van der Waals surface area contributed by atoms with Gasteiger partial charge in [-0.1, -0.05) is 50.6 Å². The van der Waals surface area contributed by atoms with Crippen LogP contribution in [0.15, 0.2) is 24.3 Å². The molecule has 3 heteroatoms. The van der Waals surface area contributed by atoms with E-state index in [1.165, 1.54) is 5.56 Å². The summed E-state index contributed by atoms with van der Waals surface area (Å²) in [6.07, 6.45) is 0. The van der Waals surface area contributed by atoms with Crippen molar-refractivity contribution in [1.29, 1.82) is 0 Å². The Labute approximate surface area is 108 Å². The predicted octanol–water partition coefficient (Wildman–Crippen LogP) is 3.73. The molecule has 1 atom stereocenters. The average molecular weight is 243 g/mol. The first-order valence-electron chi connectivity index (χ1n) is 6.41. The highest BCUT2D eigenvalue weighted by Crippen LogP contribution is 2.35. The Hall–Kier alpha value is -1.77. The van der Waals surface area contributed by atoms with Gasteiger partial charge in [0.05, 0.1) is 0 Å². The maximum absolute atomic E-state index is 6.01. The molecule has 1 aromatic heterocycles. The second kappa shape index (κ2) is 4.84. The molecule has 1 aromatic carbocycles. The molecule has 1 unspecified atom stereocenters. The van der Waals surface area contributed by atoms with Crippen molar-refractivity contribution in [2.24, 2.45) is 5.92 Å². The van der Waals surface area contributed by atoms with E-state index in [1.807, 2.05) is 0 Å². The van der Waals surface area contributed by atoms with Gasteiger partial charge in [-0.05, 0) is 18.4 Å². The number of H-pyrrole nitrogens is 1. The van der Waals surface area contributed by atoms with E-state index >= 15 is 0 Å². The van der Waals surface area contributed by atoms with E-state index < -0.39 is 0 Å². The number of nitrogens with two attached hydrogens (primary N) is 1. The highest BCUT2D eigenvalue weighted by atomic mass is 15.2. The van der Waals surface area contributed by atoms with Crippen LogP contribution in [0.25, 0.3) is 11.1 Å². The number of aryl methyl sites for hydroxylation is 1. The van der Waals surface area contributed by atoms with Crippen molar-refractivity contribution in [1.82, 2.24) is 10.2 Å². The fraction of sp³-hybridized carbons (Fsp3) is 0.400. The molecule has 0 saturated heterocycles. The van der Waals surface area contributed by atoms with Crippen LogP contribution in [-0.2, 0) is 0 Å². The molecule has 0 aliphatic rings. The summed E-state index contributed by atoms with van der Waals surface area (Å²) in [5.74, 6) is 1.54. The molecule has 2 rings (SSSR count). The Kier molecular flexibility index (Phi) is 3.41. The zero-order chi connectivity index (χ0) is 13.3. The van der Waals surface area contributed by atoms with Gasteiger partial charge in [-0.25, -0.2) is 0 Å². The molecule has 0 aliphatic heterocycles. The van der Waals surface area contributed by atoms with E-state index in [1.54, 1.807) is 0 Å². The molecule has 3 nitrogen and oxygen atoms in total. The number of nitrogens with zero attached hydrogens (tertiary/aromatic N) is 1. The number of aromatic amines is 1. The van der Waals surface area contributed by atoms with Crippen molar-refractivity contribution < 1.29 is 0 Å². The molecular weight excluding hydrogens is 222 g/mol. The summed E-state index contributed by atoms with van der Waals surface area (Å²) < 4.78 is 0. The molecule has 96 valence electrons. The van der Waals surface area contributed by atoms with Crippen molar-refractivity contribution >= 4 is 5.82 Å². The number of anilines is 1. The number of benzene rings is 1. The summed E-state index contributed by atoms with van der Waals surface area (Å²) in [5, 5.41) is 7.26. The molecule has 1 heterocycles. The van der Waals surface area contributed by atoms with Crippen LogP contribution in [0.1, 0.15) is 37.9 Å². The van der Waals surface area contributed by atoms with Crippen molar-refractivity contribution in [3.63, 3.8) is 0 Å². The molecule has 0 bridgehead atoms. The summed E-state index contributed by atoms with van der Waals surface area (Å²) in [5.41, 5.74) is 10.6. The van der Waals surface area contributed by atoms with E-state index in [0.717, 1.165) is 16.8 Å². The molecular formula is C15H21N3. The zero-order valence-electron chi connectivity index (χ0n) is 11.5. The van der Waals surface area contributed by atoms with Gasteiger partial charge in [-0.2, -0.15) is 5.10 Å². The van der Waals surface area contributed by atoms with Gasteiger partial charge in [0.25, 0.3) is 0 Å². The van der Waals surface area contributed by atoms with E-state index in [2.05, 4.69) is 62.2 Å². The molecule has 2 aromatic rings. The summed E-state index contributed by atoms with van der Waals surface area (Å²) in [6, 6.07) is 8.41. The third-order valence-electron chi connectivity index (χ3n) is 3.62. The van der Waals surface area contributed by atoms with Crippen molar-refractivity contribution in [2.45, 2.75) is 33.6 Å². The van der Waals surface area contributed by atoms with Gasteiger partial charge in [0.2, 0.25) is 0 Å². The minimum Gasteiger partial charge on any atom is -0.382 e. The Balaban J connectivity index is 2.50. The van der Waals surface area contributed by atoms with Gasteiger partial charge in [0.15, 0.2) is 5.82 Å². The first-order valence-corrected chi connectivity index (χ1v) is 6.41. The molecule has 0 radical (unpaired) electrons. The molecule has 0 amide bonds. The number of aromatic nitrogens is 2. The highest BCUT2D eigenvalue weighted by Gasteiger charge is 2.20. The minimum absolute atomic E-state index is 0.408. The van der Waals surface area contributed by atoms with E-state index in [0.29, 0.717) is 17.7 Å². The Morgan fingerprint density at radius 3 is 2.28 bits per heavy atom. The average Bonchev–Trinajstić information content (AvgIpc) is 2.71. The van der Waals surface area contributed by atoms with Crippen LogP contribution >= 0.6 is 0 Å². The third-order valence-corrected chi connectivity index (χ3v) is 3.62. The van der Waals surface area contributed by atoms with Crippen molar-refractivity contribution in [2.75, 3.05) is 5.73 Å². The number of hydrogen-bond donors (Lipinski definition) is 2. The summed E-state index contributed by atoms with van der Waals surface area (Å²) in [7, 11) is 0. The summed E-state index contributed by atoms with van der Waals surface area (Å²) in [4.78, 5) is 0. The van der Waals surface area contributed by atoms with Gasteiger partial charge >= 0.3 is 0 Å². The smallest absolute Gasteiger partial charge is 0.153 e. The first kappa shape index (κ1) is 12.7. The van der Waals surface area contributed by atoms with Crippen LogP contribution in [0, 0.1) is 12.8 Å². The minimum atomic E-state index is 0.408. The van der Waals surface area contributed by atoms with E-state index in [9.17, 15) is 0 Å². The normalized spacial score (nSPS) is 12.9. The zero-order valence-corrected chi connectivity index (χ0v) is 11.5. The lowest BCUT2D eigenvalue weighted by atomic mass is 9.90. The van der Waals surface area contributed by atoms with Crippen LogP contribution < -0.4 is 5.73 Å². The summed E-state index contributed by atoms with van der Waals surface area (Å²) in [6.45, 7) is 8.71. The molecule has 18 heavy (non-hydrogen) atoms. The molecule has 3 N–H and O–H groups in total. The van der Waals surface area contributed by atoms with Gasteiger partial charge in [-0.15, -0.1) is 0 Å². The predicted molar refractivity (Wildman–Crippen MR) is 76.4 cm³/mol. The standard InChI is InChI=1S/C15H21N3/c1-9(2)11(4)14-13(15(16)18-17-14)12-7-5-10(3)6-8-12/h5-9,11H,1-4H3,(H3,16,17,18). The maximum Gasteiger partial charge on any atom is 0.153 e. The quantitative estimate of drug-likeness (QED) is 0.863. The first-order chi connectivity index (χ1) is 8.50. The van der Waals surface area contributed by atoms with E-state index in [4.69, 9.17) is 5.73 Å². The van der Waals surface area contributed by atoms with Crippen molar-refractivity contribution in [3.8, 4) is 11.1 Å². The fourth-order valence-electron chi connectivity index (χ4n) is 2.06. The number of nitrogens with one attached hydrogen (secondary N) is 1. The third kappa shape index (κ3) is 2.26. The highest BCUT2D eigenvalue weighted by molar-refractivity contribution is 5.76. The van der Waals surface area contributed by atoms with Crippen LogP contribution in [0.5, 0.6) is 0 Å². The van der Waals surface area contributed by atoms with Crippen LogP contribution in [0.3, 0.4) is 0 Å². The Bertz CT molecular complexity index is 523. The fourth-order valence-corrected chi connectivity index (χ4v) is 2.06. The van der Waals surface area contributed by atoms with Gasteiger partial charge in [0.1, 0.15) is 0 Å². The maximum atomic E-state index is 6.01. The Morgan fingerprint density at radius 1 is 1.11 bits per heavy atom. The molecule has 0 spiro atoms. The second-order valence-electron chi connectivity index (χ2n) is 5.30. The number of hydrogen-bond acceptors (Lipinski definition) is 2. The van der Waals surface area contributed by atoms with Crippen LogP contribution in [-0.4, -0.2) is 10.2 Å². The largest absolute Gasteiger partial charge is 0.382 e. The van der Waals surface area contributed by atoms with Crippen LogP contribution in [0.2, 0.25) is 0 Å². The topological polar surface area (TPSA) is 54.7 Å². The lowest BCUT2D eigenvalue weighted by Gasteiger charge is -2.16. The molecule has 0 saturated carbocycles. The lowest BCUT2D eigenvalue weighted by Crippen LogP contribution is -2.04. The SMILES string of the molecule is Cc1ccc(-c2c(N)n[nH]c2C(C)C(C)C)cc1. The van der Waals surface area contributed by atoms with Gasteiger partial charge in [0, 0.05) is 17.2 Å².